The summed E-state index contributed by atoms with van der Waals surface area (Å²) in [6.45, 7) is 0.224. The van der Waals surface area contributed by atoms with E-state index in [-0.39, 0.29) is 18.9 Å². The Balaban J connectivity index is 1.51. The molecule has 1 heterocycles. The molecule has 0 fully saturated rings. The van der Waals surface area contributed by atoms with E-state index in [1.54, 1.807) is 12.1 Å². The van der Waals surface area contributed by atoms with Crippen molar-refractivity contribution in [3.8, 4) is 28.7 Å². The third kappa shape index (κ3) is 5.46. The van der Waals surface area contributed by atoms with Crippen LogP contribution in [0.15, 0.2) is 60.7 Å². The Bertz CT molecular complexity index is 1110. The third-order valence-electron chi connectivity index (χ3n) is 5.50. The number of hydrogen-bond donors (Lipinski definition) is 2. The summed E-state index contributed by atoms with van der Waals surface area (Å²) in [6, 6.07) is 18.8. The van der Waals surface area contributed by atoms with Gasteiger partial charge in [0.05, 0.1) is 27.0 Å². The number of methoxy groups -OCH3 is 3. The average molecular weight is 465 g/mol. The molecule has 34 heavy (non-hydrogen) atoms. The maximum absolute atomic E-state index is 13.0. The highest BCUT2D eigenvalue weighted by molar-refractivity contribution is 5.90. The van der Waals surface area contributed by atoms with Gasteiger partial charge in [-0.25, -0.2) is 4.79 Å². The van der Waals surface area contributed by atoms with Crippen molar-refractivity contribution in [3.63, 3.8) is 0 Å². The molecule has 8 nitrogen and oxygen atoms in total. The summed E-state index contributed by atoms with van der Waals surface area (Å²) >= 11 is 0. The van der Waals surface area contributed by atoms with Crippen molar-refractivity contribution >= 4 is 11.7 Å². The molecule has 2 N–H and O–H groups in total. The van der Waals surface area contributed by atoms with E-state index >= 15 is 0 Å². The zero-order valence-corrected chi connectivity index (χ0v) is 19.4. The Hall–Kier alpha value is -4.07. The van der Waals surface area contributed by atoms with E-state index in [4.69, 9.17) is 23.7 Å². The first-order chi connectivity index (χ1) is 16.6. The summed E-state index contributed by atoms with van der Waals surface area (Å²) in [5.74, 6) is 2.83. The van der Waals surface area contributed by atoms with Gasteiger partial charge in [0, 0.05) is 18.2 Å². The van der Waals surface area contributed by atoms with Crippen LogP contribution in [-0.2, 0) is 12.8 Å². The molecule has 1 aliphatic heterocycles. The lowest BCUT2D eigenvalue weighted by Crippen LogP contribution is -2.40. The molecular weight excluding hydrogens is 436 g/mol. The Morgan fingerprint density at radius 3 is 2.21 bits per heavy atom. The minimum atomic E-state index is -0.337. The van der Waals surface area contributed by atoms with Gasteiger partial charge >= 0.3 is 6.03 Å². The molecule has 2 amide bonds. The number of carbonyl (C=O) groups excluding carboxylic acids is 1. The zero-order chi connectivity index (χ0) is 23.9. The van der Waals surface area contributed by atoms with Gasteiger partial charge < -0.3 is 34.3 Å². The van der Waals surface area contributed by atoms with Crippen LogP contribution in [0.4, 0.5) is 10.5 Å². The van der Waals surface area contributed by atoms with Gasteiger partial charge in [0.2, 0.25) is 12.5 Å². The highest BCUT2D eigenvalue weighted by Gasteiger charge is 2.19. The first kappa shape index (κ1) is 23.1. The third-order valence-corrected chi connectivity index (χ3v) is 5.50. The standard InChI is InChI=1S/C26H28N2O6/c1-30-23-14-20(15-24(31-2)25(23)32-3)28-26(29)27-19(11-17-7-5-4-6-8-17)12-18-9-10-21-22(13-18)34-16-33-21/h4-10,13-15,19H,11-12,16H2,1-3H3,(H2,27,28,29)/t19-/m0/s1. The van der Waals surface area contributed by atoms with Gasteiger partial charge in [-0.3, -0.25) is 0 Å². The number of carbonyl (C=O) groups is 1. The number of ether oxygens (including phenoxy) is 5. The lowest BCUT2D eigenvalue weighted by atomic mass is 9.98. The molecule has 3 aromatic carbocycles. The van der Waals surface area contributed by atoms with Gasteiger partial charge in [0.25, 0.3) is 0 Å². The van der Waals surface area contributed by atoms with Crippen molar-refractivity contribution in [2.24, 2.45) is 0 Å². The van der Waals surface area contributed by atoms with E-state index in [2.05, 4.69) is 10.6 Å². The van der Waals surface area contributed by atoms with Crippen LogP contribution in [0, 0.1) is 0 Å². The summed E-state index contributed by atoms with van der Waals surface area (Å²) in [7, 11) is 4.59. The highest BCUT2D eigenvalue weighted by Crippen LogP contribution is 2.40. The topological polar surface area (TPSA) is 87.3 Å². The molecule has 0 aliphatic carbocycles. The molecule has 0 saturated carbocycles. The number of nitrogens with one attached hydrogen (secondary N) is 2. The number of fused-ring (bicyclic) bond motifs is 1. The van der Waals surface area contributed by atoms with Crippen LogP contribution in [0.3, 0.4) is 0 Å². The van der Waals surface area contributed by atoms with Gasteiger partial charge in [-0.15, -0.1) is 0 Å². The van der Waals surface area contributed by atoms with Crippen LogP contribution >= 0.6 is 0 Å². The molecule has 8 heteroatoms. The van der Waals surface area contributed by atoms with Gasteiger partial charge in [-0.2, -0.15) is 0 Å². The maximum Gasteiger partial charge on any atom is 0.319 e. The van der Waals surface area contributed by atoms with Crippen LogP contribution in [0.25, 0.3) is 0 Å². The second-order valence-corrected chi connectivity index (χ2v) is 7.79. The number of anilines is 1. The van der Waals surface area contributed by atoms with Gasteiger partial charge in [0.1, 0.15) is 0 Å². The molecule has 1 atom stereocenters. The van der Waals surface area contributed by atoms with Crippen molar-refractivity contribution in [1.29, 1.82) is 0 Å². The normalized spacial score (nSPS) is 12.6. The summed E-state index contributed by atoms with van der Waals surface area (Å²) in [4.78, 5) is 13.0. The Labute approximate surface area is 198 Å². The number of urea groups is 1. The molecule has 1 aliphatic rings. The van der Waals surface area contributed by atoms with E-state index in [1.807, 2.05) is 48.5 Å². The molecule has 0 bridgehead atoms. The lowest BCUT2D eigenvalue weighted by molar-refractivity contribution is 0.174. The first-order valence-electron chi connectivity index (χ1n) is 10.9. The lowest BCUT2D eigenvalue weighted by Gasteiger charge is -2.20. The van der Waals surface area contributed by atoms with Crippen LogP contribution in [0.5, 0.6) is 28.7 Å². The maximum atomic E-state index is 13.0. The molecule has 178 valence electrons. The summed E-state index contributed by atoms with van der Waals surface area (Å²) in [5.41, 5.74) is 2.69. The van der Waals surface area contributed by atoms with E-state index in [1.165, 1.54) is 21.3 Å². The number of hydrogen-bond acceptors (Lipinski definition) is 6. The zero-order valence-electron chi connectivity index (χ0n) is 19.4. The fourth-order valence-corrected chi connectivity index (χ4v) is 3.93. The largest absolute Gasteiger partial charge is 0.493 e. The Morgan fingerprint density at radius 1 is 0.853 bits per heavy atom. The second-order valence-electron chi connectivity index (χ2n) is 7.79. The average Bonchev–Trinajstić information content (AvgIpc) is 3.31. The molecule has 4 rings (SSSR count). The molecule has 0 aromatic heterocycles. The van der Waals surface area contributed by atoms with Crippen molar-refractivity contribution in [2.45, 2.75) is 18.9 Å². The molecular formula is C26H28N2O6. The fraction of sp³-hybridized carbons (Fsp3) is 0.269. The first-order valence-corrected chi connectivity index (χ1v) is 10.9. The fourth-order valence-electron chi connectivity index (χ4n) is 3.93. The predicted molar refractivity (Wildman–Crippen MR) is 128 cm³/mol. The van der Waals surface area contributed by atoms with E-state index in [9.17, 15) is 4.79 Å². The Morgan fingerprint density at radius 2 is 1.53 bits per heavy atom. The smallest absolute Gasteiger partial charge is 0.319 e. The Kier molecular flexibility index (Phi) is 7.27. The van der Waals surface area contributed by atoms with Crippen LogP contribution < -0.4 is 34.3 Å². The predicted octanol–water partition coefficient (Wildman–Crippen LogP) is 4.42. The van der Waals surface area contributed by atoms with Crippen LogP contribution in [-0.4, -0.2) is 40.2 Å². The minimum absolute atomic E-state index is 0.162. The SMILES string of the molecule is COc1cc(NC(=O)N[C@@H](Cc2ccccc2)Cc2ccc3c(c2)OCO3)cc(OC)c1OC. The van der Waals surface area contributed by atoms with E-state index in [0.29, 0.717) is 35.8 Å². The van der Waals surface area contributed by atoms with Crippen molar-refractivity contribution in [3.05, 3.63) is 71.8 Å². The van der Waals surface area contributed by atoms with E-state index < -0.39 is 0 Å². The number of benzene rings is 3. The monoisotopic (exact) mass is 464 g/mol. The van der Waals surface area contributed by atoms with E-state index in [0.717, 1.165) is 22.6 Å². The number of rotatable bonds is 9. The van der Waals surface area contributed by atoms with Crippen molar-refractivity contribution in [1.82, 2.24) is 5.32 Å². The molecule has 0 saturated heterocycles. The summed E-state index contributed by atoms with van der Waals surface area (Å²) in [6.07, 6.45) is 1.28. The molecule has 0 spiro atoms. The van der Waals surface area contributed by atoms with Crippen LogP contribution in [0.1, 0.15) is 11.1 Å². The van der Waals surface area contributed by atoms with Gasteiger partial charge in [-0.05, 0) is 36.1 Å². The quantitative estimate of drug-likeness (QED) is 0.488. The molecule has 0 radical (unpaired) electrons. The molecule has 3 aromatic rings. The van der Waals surface area contributed by atoms with Crippen molar-refractivity contribution < 1.29 is 28.5 Å². The summed E-state index contributed by atoms with van der Waals surface area (Å²) < 4.78 is 27.0. The van der Waals surface area contributed by atoms with Crippen molar-refractivity contribution in [2.75, 3.05) is 33.4 Å². The van der Waals surface area contributed by atoms with Crippen LogP contribution in [0.2, 0.25) is 0 Å². The second kappa shape index (κ2) is 10.7. The van der Waals surface area contributed by atoms with Gasteiger partial charge in [-0.1, -0.05) is 36.4 Å². The highest BCUT2D eigenvalue weighted by atomic mass is 16.7. The van der Waals surface area contributed by atoms with Gasteiger partial charge in [0.15, 0.2) is 23.0 Å². The number of amides is 2. The minimum Gasteiger partial charge on any atom is -0.493 e. The molecule has 0 unspecified atom stereocenters. The summed E-state index contributed by atoms with van der Waals surface area (Å²) in [5, 5.41) is 5.97.